The largest absolute Gasteiger partial charge is 0.483 e. The maximum absolute atomic E-state index is 5.33. The van der Waals surface area contributed by atoms with Crippen molar-refractivity contribution in [1.82, 2.24) is 0 Å². The van der Waals surface area contributed by atoms with Gasteiger partial charge in [-0.1, -0.05) is 19.9 Å². The van der Waals surface area contributed by atoms with Gasteiger partial charge in [0.15, 0.2) is 0 Å². The SMILES string of the molecule is C=CCC[C@@H]1N=C(OC)[C@@H](C(C)C)N=C1OC. The van der Waals surface area contributed by atoms with Crippen LogP contribution in [0.3, 0.4) is 0 Å². The Morgan fingerprint density at radius 3 is 2.35 bits per heavy atom. The molecule has 0 aromatic rings. The molecular weight excluding hydrogens is 216 g/mol. The molecule has 4 nitrogen and oxygen atoms in total. The predicted molar refractivity (Wildman–Crippen MR) is 70.7 cm³/mol. The van der Waals surface area contributed by atoms with Crippen LogP contribution in [0.25, 0.3) is 0 Å². The number of aliphatic imine (C=N–C) groups is 2. The summed E-state index contributed by atoms with van der Waals surface area (Å²) in [6.45, 7) is 7.91. The number of ether oxygens (including phenoxy) is 2. The van der Waals surface area contributed by atoms with Gasteiger partial charge in [0, 0.05) is 0 Å². The zero-order valence-electron chi connectivity index (χ0n) is 11.1. The molecule has 0 bridgehead atoms. The van der Waals surface area contributed by atoms with E-state index in [4.69, 9.17) is 9.47 Å². The van der Waals surface area contributed by atoms with Crippen molar-refractivity contribution >= 4 is 11.8 Å². The molecule has 0 aliphatic carbocycles. The van der Waals surface area contributed by atoms with Gasteiger partial charge in [0.25, 0.3) is 0 Å². The Morgan fingerprint density at radius 1 is 1.24 bits per heavy atom. The van der Waals surface area contributed by atoms with E-state index in [2.05, 4.69) is 30.4 Å². The maximum atomic E-state index is 5.33. The lowest BCUT2D eigenvalue weighted by Crippen LogP contribution is -2.37. The quantitative estimate of drug-likeness (QED) is 0.706. The van der Waals surface area contributed by atoms with Crippen molar-refractivity contribution in [2.75, 3.05) is 14.2 Å². The van der Waals surface area contributed by atoms with Crippen molar-refractivity contribution in [1.29, 1.82) is 0 Å². The molecule has 0 spiro atoms. The number of allylic oxidation sites excluding steroid dienone is 1. The van der Waals surface area contributed by atoms with E-state index in [0.717, 1.165) is 12.8 Å². The maximum Gasteiger partial charge on any atom is 0.209 e. The molecule has 4 heteroatoms. The average Bonchev–Trinajstić information content (AvgIpc) is 2.34. The fourth-order valence-corrected chi connectivity index (χ4v) is 1.82. The van der Waals surface area contributed by atoms with Crippen LogP contribution < -0.4 is 0 Å². The summed E-state index contributed by atoms with van der Waals surface area (Å²) in [5.41, 5.74) is 0. The van der Waals surface area contributed by atoms with E-state index in [1.54, 1.807) is 14.2 Å². The Kier molecular flexibility index (Phi) is 5.19. The molecule has 0 aromatic carbocycles. The second kappa shape index (κ2) is 6.42. The fraction of sp³-hybridized carbons (Fsp3) is 0.692. The van der Waals surface area contributed by atoms with Crippen LogP contribution in [0.5, 0.6) is 0 Å². The summed E-state index contributed by atoms with van der Waals surface area (Å²) in [7, 11) is 3.29. The minimum atomic E-state index is -0.0389. The van der Waals surface area contributed by atoms with Crippen LogP contribution >= 0.6 is 0 Å². The minimum absolute atomic E-state index is 0.0325. The summed E-state index contributed by atoms with van der Waals surface area (Å²) in [5, 5.41) is 0. The molecule has 0 aromatic heterocycles. The summed E-state index contributed by atoms with van der Waals surface area (Å²) in [6.07, 6.45) is 3.62. The van der Waals surface area contributed by atoms with Gasteiger partial charge < -0.3 is 9.47 Å². The number of hydrogen-bond acceptors (Lipinski definition) is 4. The van der Waals surface area contributed by atoms with Crippen molar-refractivity contribution in [3.63, 3.8) is 0 Å². The van der Waals surface area contributed by atoms with E-state index in [0.29, 0.717) is 17.7 Å². The molecule has 96 valence electrons. The van der Waals surface area contributed by atoms with Gasteiger partial charge in [0.1, 0.15) is 12.1 Å². The number of nitrogens with zero attached hydrogens (tertiary/aromatic N) is 2. The smallest absolute Gasteiger partial charge is 0.209 e. The summed E-state index contributed by atoms with van der Waals surface area (Å²) in [6, 6.07) is -0.0714. The molecule has 1 aliphatic rings. The van der Waals surface area contributed by atoms with E-state index in [1.165, 1.54) is 0 Å². The Bertz CT molecular complexity index is 321. The van der Waals surface area contributed by atoms with Crippen LogP contribution in [0, 0.1) is 5.92 Å². The van der Waals surface area contributed by atoms with Crippen molar-refractivity contribution in [2.24, 2.45) is 15.9 Å². The first-order valence-electron chi connectivity index (χ1n) is 5.98. The summed E-state index contributed by atoms with van der Waals surface area (Å²) in [5.74, 6) is 1.75. The molecule has 0 fully saturated rings. The van der Waals surface area contributed by atoms with Gasteiger partial charge in [0.2, 0.25) is 11.8 Å². The van der Waals surface area contributed by atoms with Gasteiger partial charge in [-0.15, -0.1) is 6.58 Å². The highest BCUT2D eigenvalue weighted by Crippen LogP contribution is 2.19. The lowest BCUT2D eigenvalue weighted by Gasteiger charge is -2.26. The summed E-state index contributed by atoms with van der Waals surface area (Å²) < 4.78 is 10.7. The summed E-state index contributed by atoms with van der Waals surface area (Å²) >= 11 is 0. The Balaban J connectivity index is 2.89. The first-order chi connectivity index (χ1) is 8.13. The van der Waals surface area contributed by atoms with Gasteiger partial charge in [0.05, 0.1) is 14.2 Å². The number of hydrogen-bond donors (Lipinski definition) is 0. The fourth-order valence-electron chi connectivity index (χ4n) is 1.82. The van der Waals surface area contributed by atoms with Crippen molar-refractivity contribution in [2.45, 2.75) is 38.8 Å². The van der Waals surface area contributed by atoms with Gasteiger partial charge in [-0.05, 0) is 18.8 Å². The van der Waals surface area contributed by atoms with E-state index in [-0.39, 0.29) is 12.1 Å². The average molecular weight is 238 g/mol. The van der Waals surface area contributed by atoms with Crippen LogP contribution in [0.2, 0.25) is 0 Å². The highest BCUT2D eigenvalue weighted by atomic mass is 16.5. The zero-order chi connectivity index (χ0) is 12.8. The van der Waals surface area contributed by atoms with Crippen molar-refractivity contribution < 1.29 is 9.47 Å². The van der Waals surface area contributed by atoms with Gasteiger partial charge in [-0.3, -0.25) is 0 Å². The van der Waals surface area contributed by atoms with Crippen LogP contribution in [-0.4, -0.2) is 38.1 Å². The highest BCUT2D eigenvalue weighted by molar-refractivity contribution is 5.94. The molecule has 17 heavy (non-hydrogen) atoms. The second-order valence-corrected chi connectivity index (χ2v) is 4.41. The Hall–Kier alpha value is -1.32. The van der Waals surface area contributed by atoms with Crippen LogP contribution in [0.15, 0.2) is 22.6 Å². The van der Waals surface area contributed by atoms with Crippen molar-refractivity contribution in [3.8, 4) is 0 Å². The van der Waals surface area contributed by atoms with Crippen LogP contribution in [0.1, 0.15) is 26.7 Å². The predicted octanol–water partition coefficient (Wildman–Crippen LogP) is 2.45. The third kappa shape index (κ3) is 3.32. The molecule has 1 aliphatic heterocycles. The molecule has 0 unspecified atom stereocenters. The molecule has 2 atom stereocenters. The third-order valence-electron chi connectivity index (χ3n) is 2.78. The van der Waals surface area contributed by atoms with Crippen LogP contribution in [0.4, 0.5) is 0 Å². The number of rotatable bonds is 4. The van der Waals surface area contributed by atoms with E-state index in [9.17, 15) is 0 Å². The third-order valence-corrected chi connectivity index (χ3v) is 2.78. The van der Waals surface area contributed by atoms with E-state index >= 15 is 0 Å². The molecule has 0 amide bonds. The lowest BCUT2D eigenvalue weighted by atomic mass is 10.0. The highest BCUT2D eigenvalue weighted by Gasteiger charge is 2.30. The summed E-state index contributed by atoms with van der Waals surface area (Å²) in [4.78, 5) is 9.17. The zero-order valence-corrected chi connectivity index (χ0v) is 11.1. The first-order valence-corrected chi connectivity index (χ1v) is 5.98. The number of methoxy groups -OCH3 is 2. The van der Waals surface area contributed by atoms with Gasteiger partial charge in [-0.2, -0.15) is 0 Å². The van der Waals surface area contributed by atoms with Gasteiger partial charge >= 0.3 is 0 Å². The molecule has 0 radical (unpaired) electrons. The minimum Gasteiger partial charge on any atom is -0.483 e. The second-order valence-electron chi connectivity index (χ2n) is 4.41. The Morgan fingerprint density at radius 2 is 1.88 bits per heavy atom. The molecule has 1 heterocycles. The Labute approximate surface area is 103 Å². The monoisotopic (exact) mass is 238 g/mol. The van der Waals surface area contributed by atoms with E-state index in [1.807, 2.05) is 6.08 Å². The van der Waals surface area contributed by atoms with Crippen molar-refractivity contribution in [3.05, 3.63) is 12.7 Å². The molecule has 0 N–H and O–H groups in total. The topological polar surface area (TPSA) is 43.2 Å². The lowest BCUT2D eigenvalue weighted by molar-refractivity contribution is 0.331. The standard InChI is InChI=1S/C13H22N2O2/c1-6-7-8-10-12(16-4)15-11(9(2)3)13(14-10)17-5/h6,9-11H,1,7-8H2,2-5H3/t10-,11+/m0/s1. The van der Waals surface area contributed by atoms with Crippen LogP contribution in [-0.2, 0) is 9.47 Å². The van der Waals surface area contributed by atoms with Gasteiger partial charge in [-0.25, -0.2) is 9.98 Å². The molecular formula is C13H22N2O2. The molecule has 0 saturated heterocycles. The normalized spacial score (nSPS) is 24.1. The molecule has 0 saturated carbocycles. The first kappa shape index (κ1) is 13.7. The van der Waals surface area contributed by atoms with E-state index < -0.39 is 0 Å². The molecule has 1 rings (SSSR count).